The van der Waals surface area contributed by atoms with Crippen LogP contribution in [0.1, 0.15) is 32.6 Å². The fourth-order valence-electron chi connectivity index (χ4n) is 3.26. The monoisotopic (exact) mass is 239 g/mol. The van der Waals surface area contributed by atoms with Crippen LogP contribution in [0.4, 0.5) is 0 Å². The Balaban J connectivity index is 1.95. The minimum atomic E-state index is -0.298. The Kier molecular flexibility index (Phi) is 4.05. The molecule has 4 nitrogen and oxygen atoms in total. The van der Waals surface area contributed by atoms with E-state index in [1.165, 1.54) is 19.4 Å². The second-order valence-electron chi connectivity index (χ2n) is 5.54. The maximum atomic E-state index is 12.1. The predicted molar refractivity (Wildman–Crippen MR) is 68.6 cm³/mol. The van der Waals surface area contributed by atoms with Crippen molar-refractivity contribution in [2.24, 2.45) is 11.7 Å². The largest absolute Gasteiger partial charge is 0.341 e. The molecule has 98 valence electrons. The van der Waals surface area contributed by atoms with Gasteiger partial charge in [0.2, 0.25) is 5.91 Å². The van der Waals surface area contributed by atoms with Crippen molar-refractivity contribution >= 4 is 5.91 Å². The summed E-state index contributed by atoms with van der Waals surface area (Å²) in [6, 6.07) is 0.388. The van der Waals surface area contributed by atoms with Crippen LogP contribution in [0.2, 0.25) is 0 Å². The number of carbonyl (C=O) groups excluding carboxylic acids is 1. The van der Waals surface area contributed by atoms with E-state index in [1.807, 2.05) is 11.8 Å². The first kappa shape index (κ1) is 12.8. The molecule has 0 saturated carbocycles. The van der Waals surface area contributed by atoms with Crippen molar-refractivity contribution in [1.82, 2.24) is 9.80 Å². The highest BCUT2D eigenvalue weighted by atomic mass is 16.2. The molecule has 2 fully saturated rings. The summed E-state index contributed by atoms with van der Waals surface area (Å²) in [7, 11) is 2.21. The van der Waals surface area contributed by atoms with Gasteiger partial charge < -0.3 is 15.5 Å². The molecular formula is C13H25N3O. The van der Waals surface area contributed by atoms with Crippen LogP contribution in [-0.2, 0) is 4.79 Å². The summed E-state index contributed by atoms with van der Waals surface area (Å²) in [6.45, 7) is 4.99. The van der Waals surface area contributed by atoms with E-state index in [2.05, 4.69) is 11.9 Å². The maximum Gasteiger partial charge on any atom is 0.239 e. The zero-order valence-corrected chi connectivity index (χ0v) is 11.1. The molecule has 0 bridgehead atoms. The highest BCUT2D eigenvalue weighted by Gasteiger charge is 2.36. The van der Waals surface area contributed by atoms with E-state index < -0.39 is 0 Å². The average molecular weight is 239 g/mol. The number of nitrogens with two attached hydrogens (primary N) is 1. The van der Waals surface area contributed by atoms with Crippen molar-refractivity contribution in [3.63, 3.8) is 0 Å². The second kappa shape index (κ2) is 5.36. The first-order chi connectivity index (χ1) is 8.13. The summed E-state index contributed by atoms with van der Waals surface area (Å²) in [5.74, 6) is 0.815. The zero-order chi connectivity index (χ0) is 12.4. The zero-order valence-electron chi connectivity index (χ0n) is 11.1. The molecule has 0 aromatic rings. The fraction of sp³-hybridized carbons (Fsp3) is 0.923. The Labute approximate surface area is 104 Å². The van der Waals surface area contributed by atoms with Crippen LogP contribution >= 0.6 is 0 Å². The topological polar surface area (TPSA) is 49.6 Å². The molecule has 2 aliphatic rings. The van der Waals surface area contributed by atoms with Crippen LogP contribution in [-0.4, -0.2) is 54.5 Å². The first-order valence-electron chi connectivity index (χ1n) is 6.88. The van der Waals surface area contributed by atoms with E-state index in [1.54, 1.807) is 0 Å². The Morgan fingerprint density at radius 2 is 2.18 bits per heavy atom. The summed E-state index contributed by atoms with van der Waals surface area (Å²) < 4.78 is 0. The van der Waals surface area contributed by atoms with Crippen molar-refractivity contribution in [2.45, 2.75) is 44.7 Å². The summed E-state index contributed by atoms with van der Waals surface area (Å²) in [5, 5.41) is 0. The van der Waals surface area contributed by atoms with E-state index in [-0.39, 0.29) is 11.9 Å². The third kappa shape index (κ3) is 2.63. The van der Waals surface area contributed by atoms with Crippen LogP contribution < -0.4 is 5.73 Å². The van der Waals surface area contributed by atoms with Gasteiger partial charge >= 0.3 is 0 Å². The van der Waals surface area contributed by atoms with E-state index in [0.29, 0.717) is 12.0 Å². The summed E-state index contributed by atoms with van der Waals surface area (Å²) in [4.78, 5) is 16.5. The van der Waals surface area contributed by atoms with Crippen LogP contribution in [0.25, 0.3) is 0 Å². The number of hydrogen-bond acceptors (Lipinski definition) is 3. The molecule has 2 unspecified atom stereocenters. The number of fused-ring (bicyclic) bond motifs is 1. The molecule has 2 saturated heterocycles. The second-order valence-corrected chi connectivity index (χ2v) is 5.54. The van der Waals surface area contributed by atoms with Gasteiger partial charge in [0.25, 0.3) is 0 Å². The van der Waals surface area contributed by atoms with Gasteiger partial charge in [-0.3, -0.25) is 4.79 Å². The molecule has 2 aliphatic heterocycles. The van der Waals surface area contributed by atoms with Crippen LogP contribution in [0, 0.1) is 5.92 Å². The number of rotatable bonds is 2. The van der Waals surface area contributed by atoms with Crippen LogP contribution in [0.5, 0.6) is 0 Å². The standard InChI is InChI=1S/C13H25N3O/c1-3-11(14)13(17)16-8-6-12-10(9-16)5-4-7-15(12)2/h10-12H,3-9,14H2,1-2H3/t10?,11-,12?/m1/s1. The van der Waals surface area contributed by atoms with Crippen molar-refractivity contribution in [3.05, 3.63) is 0 Å². The van der Waals surface area contributed by atoms with E-state index >= 15 is 0 Å². The van der Waals surface area contributed by atoms with Crippen molar-refractivity contribution < 1.29 is 4.79 Å². The minimum absolute atomic E-state index is 0.152. The van der Waals surface area contributed by atoms with Gasteiger partial charge in [-0.05, 0) is 45.2 Å². The molecule has 2 heterocycles. The van der Waals surface area contributed by atoms with Crippen molar-refractivity contribution in [1.29, 1.82) is 0 Å². The third-order valence-electron chi connectivity index (χ3n) is 4.41. The lowest BCUT2D eigenvalue weighted by Crippen LogP contribution is -2.56. The Hall–Kier alpha value is -0.610. The third-order valence-corrected chi connectivity index (χ3v) is 4.41. The predicted octanol–water partition coefficient (Wildman–Crippen LogP) is 0.666. The van der Waals surface area contributed by atoms with Gasteiger partial charge in [-0.15, -0.1) is 0 Å². The summed E-state index contributed by atoms with van der Waals surface area (Å²) >= 11 is 0. The fourth-order valence-corrected chi connectivity index (χ4v) is 3.26. The quantitative estimate of drug-likeness (QED) is 0.770. The normalized spacial score (nSPS) is 32.1. The van der Waals surface area contributed by atoms with Crippen molar-refractivity contribution in [2.75, 3.05) is 26.7 Å². The molecule has 0 spiro atoms. The molecule has 3 atom stereocenters. The number of likely N-dealkylation sites (tertiary alicyclic amines) is 2. The molecule has 0 aromatic carbocycles. The lowest BCUT2D eigenvalue weighted by atomic mass is 9.84. The van der Waals surface area contributed by atoms with Crippen LogP contribution in [0.15, 0.2) is 0 Å². The van der Waals surface area contributed by atoms with Gasteiger partial charge in [-0.25, -0.2) is 0 Å². The minimum Gasteiger partial charge on any atom is -0.341 e. The number of nitrogens with zero attached hydrogens (tertiary/aromatic N) is 2. The number of hydrogen-bond donors (Lipinski definition) is 1. The highest BCUT2D eigenvalue weighted by Crippen LogP contribution is 2.29. The SMILES string of the molecule is CC[C@@H](N)C(=O)N1CCC2C(CCCN2C)C1. The molecule has 2 N–H and O–H groups in total. The average Bonchev–Trinajstić information content (AvgIpc) is 2.37. The molecule has 0 aliphatic carbocycles. The molecule has 0 radical (unpaired) electrons. The molecule has 1 amide bonds. The maximum absolute atomic E-state index is 12.1. The Bertz CT molecular complexity index is 282. The van der Waals surface area contributed by atoms with E-state index in [9.17, 15) is 4.79 Å². The van der Waals surface area contributed by atoms with Crippen molar-refractivity contribution in [3.8, 4) is 0 Å². The lowest BCUT2D eigenvalue weighted by molar-refractivity contribution is -0.136. The summed E-state index contributed by atoms with van der Waals surface area (Å²) in [5.41, 5.74) is 5.84. The first-order valence-corrected chi connectivity index (χ1v) is 6.88. The van der Waals surface area contributed by atoms with Gasteiger partial charge in [0.15, 0.2) is 0 Å². The van der Waals surface area contributed by atoms with Gasteiger partial charge in [-0.1, -0.05) is 6.92 Å². The summed E-state index contributed by atoms with van der Waals surface area (Å²) in [6.07, 6.45) is 4.38. The highest BCUT2D eigenvalue weighted by molar-refractivity contribution is 5.81. The van der Waals surface area contributed by atoms with E-state index in [0.717, 1.165) is 25.9 Å². The Morgan fingerprint density at radius 1 is 1.41 bits per heavy atom. The van der Waals surface area contributed by atoms with Gasteiger partial charge in [0.1, 0.15) is 0 Å². The number of amides is 1. The van der Waals surface area contributed by atoms with E-state index in [4.69, 9.17) is 5.73 Å². The van der Waals surface area contributed by atoms with Crippen LogP contribution in [0.3, 0.4) is 0 Å². The molecule has 2 rings (SSSR count). The molecular weight excluding hydrogens is 214 g/mol. The number of carbonyl (C=O) groups is 1. The lowest BCUT2D eigenvalue weighted by Gasteiger charge is -2.46. The van der Waals surface area contributed by atoms with Gasteiger partial charge in [-0.2, -0.15) is 0 Å². The smallest absolute Gasteiger partial charge is 0.239 e. The molecule has 17 heavy (non-hydrogen) atoms. The number of piperidine rings is 2. The van der Waals surface area contributed by atoms with Gasteiger partial charge in [0, 0.05) is 19.1 Å². The van der Waals surface area contributed by atoms with Gasteiger partial charge in [0.05, 0.1) is 6.04 Å². The Morgan fingerprint density at radius 3 is 2.88 bits per heavy atom. The molecule has 4 heteroatoms. The molecule has 0 aromatic heterocycles.